The van der Waals surface area contributed by atoms with E-state index in [9.17, 15) is 9.59 Å². The molecule has 3 rings (SSSR count). The van der Waals surface area contributed by atoms with Crippen molar-refractivity contribution in [3.05, 3.63) is 52.8 Å². The van der Waals surface area contributed by atoms with Crippen molar-refractivity contribution in [2.24, 2.45) is 0 Å². The summed E-state index contributed by atoms with van der Waals surface area (Å²) in [5.74, 6) is -0.104. The molecule has 5 heteroatoms. The molecule has 5 nitrogen and oxygen atoms in total. The van der Waals surface area contributed by atoms with Crippen LogP contribution >= 0.6 is 0 Å². The molecule has 1 aliphatic rings. The maximum absolute atomic E-state index is 12.4. The standard InChI is InChI=1S/C18H20N2O3/c1-11-10-16(12(2)20(11)14-6-7-14)18(22)23-15-8-4-13(5-9-15)17(21)19-3/h4-5,8-10,14H,6-7H2,1-3H3,(H,19,21). The number of carbonyl (C=O) groups is 2. The first-order valence-electron chi connectivity index (χ1n) is 7.74. The van der Waals surface area contributed by atoms with Crippen LogP contribution in [0.1, 0.15) is 51.0 Å². The second-order valence-corrected chi connectivity index (χ2v) is 5.88. The third-order valence-corrected chi connectivity index (χ3v) is 4.17. The summed E-state index contributed by atoms with van der Waals surface area (Å²) in [6.07, 6.45) is 2.34. The summed E-state index contributed by atoms with van der Waals surface area (Å²) < 4.78 is 7.65. The first-order chi connectivity index (χ1) is 11.0. The molecule has 0 bridgehead atoms. The Morgan fingerprint density at radius 3 is 2.39 bits per heavy atom. The lowest BCUT2D eigenvalue weighted by molar-refractivity contribution is 0.0734. The smallest absolute Gasteiger partial charge is 0.345 e. The number of amides is 1. The summed E-state index contributed by atoms with van der Waals surface area (Å²) in [5.41, 5.74) is 3.17. The van der Waals surface area contributed by atoms with Gasteiger partial charge in [0.15, 0.2) is 0 Å². The molecule has 23 heavy (non-hydrogen) atoms. The summed E-state index contributed by atoms with van der Waals surface area (Å²) in [5, 5.41) is 2.55. The van der Waals surface area contributed by atoms with Crippen molar-refractivity contribution >= 4 is 11.9 Å². The maximum atomic E-state index is 12.4. The van der Waals surface area contributed by atoms with Gasteiger partial charge in [-0.3, -0.25) is 4.79 Å². The zero-order valence-electron chi connectivity index (χ0n) is 13.6. The largest absolute Gasteiger partial charge is 0.423 e. The van der Waals surface area contributed by atoms with Gasteiger partial charge in [-0.2, -0.15) is 0 Å². The molecule has 1 aliphatic carbocycles. The number of carbonyl (C=O) groups excluding carboxylic acids is 2. The minimum Gasteiger partial charge on any atom is -0.423 e. The highest BCUT2D eigenvalue weighted by atomic mass is 16.5. The summed E-state index contributed by atoms with van der Waals surface area (Å²) in [6, 6.07) is 8.94. The molecule has 0 spiro atoms. The Morgan fingerprint density at radius 1 is 1.17 bits per heavy atom. The molecule has 1 heterocycles. The Kier molecular flexibility index (Phi) is 3.94. The van der Waals surface area contributed by atoms with Gasteiger partial charge in [-0.15, -0.1) is 0 Å². The monoisotopic (exact) mass is 312 g/mol. The zero-order chi connectivity index (χ0) is 16.6. The van der Waals surface area contributed by atoms with E-state index in [1.165, 1.54) is 12.8 Å². The fourth-order valence-electron chi connectivity index (χ4n) is 2.86. The van der Waals surface area contributed by atoms with Gasteiger partial charge in [0.25, 0.3) is 5.91 Å². The molecule has 120 valence electrons. The van der Waals surface area contributed by atoms with Crippen molar-refractivity contribution in [3.8, 4) is 5.75 Å². The average molecular weight is 312 g/mol. The van der Waals surface area contributed by atoms with E-state index in [-0.39, 0.29) is 11.9 Å². The van der Waals surface area contributed by atoms with Gasteiger partial charge < -0.3 is 14.6 Å². The fourth-order valence-corrected chi connectivity index (χ4v) is 2.86. The minimum absolute atomic E-state index is 0.171. The highest BCUT2D eigenvalue weighted by Crippen LogP contribution is 2.38. The lowest BCUT2D eigenvalue weighted by atomic mass is 10.2. The molecular weight excluding hydrogens is 292 g/mol. The van der Waals surface area contributed by atoms with Gasteiger partial charge in [0, 0.05) is 30.0 Å². The van der Waals surface area contributed by atoms with Gasteiger partial charge in [-0.1, -0.05) is 0 Å². The van der Waals surface area contributed by atoms with E-state index in [0.29, 0.717) is 22.9 Å². The molecule has 1 aromatic carbocycles. The molecule has 2 aromatic rings. The molecule has 0 aliphatic heterocycles. The van der Waals surface area contributed by atoms with E-state index in [2.05, 4.69) is 9.88 Å². The zero-order valence-corrected chi connectivity index (χ0v) is 13.6. The number of ether oxygens (including phenoxy) is 1. The Morgan fingerprint density at radius 2 is 1.83 bits per heavy atom. The van der Waals surface area contributed by atoms with Crippen molar-refractivity contribution in [3.63, 3.8) is 0 Å². The first-order valence-corrected chi connectivity index (χ1v) is 7.74. The van der Waals surface area contributed by atoms with Crippen LogP contribution in [0.15, 0.2) is 30.3 Å². The van der Waals surface area contributed by atoms with E-state index in [1.807, 2.05) is 19.9 Å². The topological polar surface area (TPSA) is 60.3 Å². The van der Waals surface area contributed by atoms with Crippen molar-refractivity contribution in [2.45, 2.75) is 32.7 Å². The van der Waals surface area contributed by atoms with Crippen LogP contribution < -0.4 is 10.1 Å². The predicted molar refractivity (Wildman–Crippen MR) is 87.0 cm³/mol. The number of nitrogens with zero attached hydrogens (tertiary/aromatic N) is 1. The van der Waals surface area contributed by atoms with Gasteiger partial charge >= 0.3 is 5.97 Å². The molecule has 0 saturated heterocycles. The predicted octanol–water partition coefficient (Wildman–Crippen LogP) is 3.02. The number of aryl methyl sites for hydroxylation is 1. The van der Waals surface area contributed by atoms with Gasteiger partial charge in [-0.05, 0) is 57.0 Å². The van der Waals surface area contributed by atoms with E-state index in [1.54, 1.807) is 31.3 Å². The Labute approximate surface area is 135 Å². The summed E-state index contributed by atoms with van der Waals surface area (Å²) >= 11 is 0. The van der Waals surface area contributed by atoms with Crippen LogP contribution in [0.5, 0.6) is 5.75 Å². The lowest BCUT2D eigenvalue weighted by Crippen LogP contribution is -2.17. The van der Waals surface area contributed by atoms with E-state index in [0.717, 1.165) is 11.4 Å². The molecular formula is C18H20N2O3. The third-order valence-electron chi connectivity index (χ3n) is 4.17. The van der Waals surface area contributed by atoms with Gasteiger partial charge in [0.2, 0.25) is 0 Å². The molecule has 1 amide bonds. The molecule has 1 aromatic heterocycles. The Hall–Kier alpha value is -2.56. The second kappa shape index (κ2) is 5.91. The fraction of sp³-hybridized carbons (Fsp3) is 0.333. The van der Waals surface area contributed by atoms with Crippen molar-refractivity contribution in [2.75, 3.05) is 7.05 Å². The SMILES string of the molecule is CNC(=O)c1ccc(OC(=O)c2cc(C)n(C3CC3)c2C)cc1. The summed E-state index contributed by atoms with van der Waals surface area (Å²) in [4.78, 5) is 23.9. The van der Waals surface area contributed by atoms with Crippen LogP contribution in [0.25, 0.3) is 0 Å². The van der Waals surface area contributed by atoms with Crippen LogP contribution in [-0.2, 0) is 0 Å². The van der Waals surface area contributed by atoms with Crippen molar-refractivity contribution in [1.29, 1.82) is 0 Å². The van der Waals surface area contributed by atoms with E-state index < -0.39 is 0 Å². The summed E-state index contributed by atoms with van der Waals surface area (Å²) in [7, 11) is 1.58. The average Bonchev–Trinajstić information content (AvgIpc) is 3.32. The molecule has 0 radical (unpaired) electrons. The number of esters is 1. The van der Waals surface area contributed by atoms with Crippen LogP contribution in [0, 0.1) is 13.8 Å². The molecule has 0 unspecified atom stereocenters. The van der Waals surface area contributed by atoms with Gasteiger partial charge in [0.05, 0.1) is 5.56 Å². The lowest BCUT2D eigenvalue weighted by Gasteiger charge is -2.08. The van der Waals surface area contributed by atoms with E-state index in [4.69, 9.17) is 4.74 Å². The number of benzene rings is 1. The minimum atomic E-state index is -0.363. The molecule has 1 saturated carbocycles. The molecule has 0 atom stereocenters. The normalized spacial score (nSPS) is 13.7. The number of aromatic nitrogens is 1. The number of rotatable bonds is 4. The summed E-state index contributed by atoms with van der Waals surface area (Å²) in [6.45, 7) is 3.97. The first kappa shape index (κ1) is 15.3. The number of hydrogen-bond donors (Lipinski definition) is 1. The highest BCUT2D eigenvalue weighted by Gasteiger charge is 2.28. The van der Waals surface area contributed by atoms with Crippen LogP contribution in [-0.4, -0.2) is 23.5 Å². The van der Waals surface area contributed by atoms with Crippen molar-refractivity contribution < 1.29 is 14.3 Å². The quantitative estimate of drug-likeness (QED) is 0.697. The molecule has 1 N–H and O–H groups in total. The van der Waals surface area contributed by atoms with Crippen LogP contribution in [0.2, 0.25) is 0 Å². The van der Waals surface area contributed by atoms with Gasteiger partial charge in [-0.25, -0.2) is 4.79 Å². The molecule has 1 fully saturated rings. The highest BCUT2D eigenvalue weighted by molar-refractivity contribution is 5.95. The second-order valence-electron chi connectivity index (χ2n) is 5.88. The maximum Gasteiger partial charge on any atom is 0.345 e. The number of hydrogen-bond acceptors (Lipinski definition) is 3. The third kappa shape index (κ3) is 2.99. The van der Waals surface area contributed by atoms with Crippen LogP contribution in [0.3, 0.4) is 0 Å². The van der Waals surface area contributed by atoms with Crippen LogP contribution in [0.4, 0.5) is 0 Å². The Balaban J connectivity index is 1.77. The van der Waals surface area contributed by atoms with Crippen molar-refractivity contribution in [1.82, 2.24) is 9.88 Å². The number of nitrogens with one attached hydrogen (secondary N) is 1. The van der Waals surface area contributed by atoms with Gasteiger partial charge in [0.1, 0.15) is 5.75 Å². The Bertz CT molecular complexity index is 755. The van der Waals surface area contributed by atoms with E-state index >= 15 is 0 Å².